The van der Waals surface area contributed by atoms with Gasteiger partial charge in [-0.05, 0) is 38.4 Å². The van der Waals surface area contributed by atoms with Gasteiger partial charge in [0.05, 0.1) is 0 Å². The van der Waals surface area contributed by atoms with Gasteiger partial charge in [-0.1, -0.05) is 27.7 Å². The number of nitrogen functional groups attached to an aromatic ring is 1. The van der Waals surface area contributed by atoms with E-state index in [-0.39, 0.29) is 5.41 Å². The van der Waals surface area contributed by atoms with Crippen LogP contribution in [0.3, 0.4) is 0 Å². The minimum atomic E-state index is -0.0850. The third-order valence-corrected chi connectivity index (χ3v) is 4.14. The maximum Gasteiger partial charge on any atom is 0.138 e. The summed E-state index contributed by atoms with van der Waals surface area (Å²) in [4.78, 5) is 11.5. The molecule has 118 valence electrons. The van der Waals surface area contributed by atoms with Crippen molar-refractivity contribution >= 4 is 11.6 Å². The summed E-state index contributed by atoms with van der Waals surface area (Å²) >= 11 is 0. The Morgan fingerprint density at radius 2 is 1.95 bits per heavy atom. The molecule has 2 heterocycles. The third kappa shape index (κ3) is 4.56. The molecular formula is C16H29N5. The first-order valence-electron chi connectivity index (χ1n) is 7.99. The molecule has 0 aromatic carbocycles. The third-order valence-electron chi connectivity index (χ3n) is 4.14. The zero-order valence-electron chi connectivity index (χ0n) is 13.8. The van der Waals surface area contributed by atoms with Gasteiger partial charge in [0.25, 0.3) is 0 Å². The fraction of sp³-hybridized carbons (Fsp3) is 0.750. The van der Waals surface area contributed by atoms with Crippen LogP contribution in [0.25, 0.3) is 0 Å². The SMILES string of the molecule is CCN1CCC(CNc2cc(N)nc(C(C)(C)C)n2)CC1. The van der Waals surface area contributed by atoms with E-state index >= 15 is 0 Å². The maximum atomic E-state index is 5.90. The highest BCUT2D eigenvalue weighted by atomic mass is 15.1. The Morgan fingerprint density at radius 1 is 1.29 bits per heavy atom. The Hall–Kier alpha value is -1.36. The van der Waals surface area contributed by atoms with Gasteiger partial charge in [0.2, 0.25) is 0 Å². The molecule has 21 heavy (non-hydrogen) atoms. The maximum absolute atomic E-state index is 5.90. The Morgan fingerprint density at radius 3 is 2.52 bits per heavy atom. The molecule has 0 aliphatic carbocycles. The van der Waals surface area contributed by atoms with Crippen molar-refractivity contribution in [2.45, 2.75) is 46.0 Å². The van der Waals surface area contributed by atoms with E-state index < -0.39 is 0 Å². The number of hydrogen-bond donors (Lipinski definition) is 2. The van der Waals surface area contributed by atoms with Gasteiger partial charge in [-0.25, -0.2) is 9.97 Å². The smallest absolute Gasteiger partial charge is 0.138 e. The molecule has 0 unspecified atom stereocenters. The first kappa shape index (κ1) is 16.0. The predicted molar refractivity (Wildman–Crippen MR) is 88.5 cm³/mol. The van der Waals surface area contributed by atoms with E-state index in [1.54, 1.807) is 0 Å². The average molecular weight is 291 g/mol. The van der Waals surface area contributed by atoms with Gasteiger partial charge in [0.1, 0.15) is 17.5 Å². The molecule has 1 aliphatic rings. The highest BCUT2D eigenvalue weighted by Crippen LogP contribution is 2.22. The first-order chi connectivity index (χ1) is 9.88. The molecule has 5 nitrogen and oxygen atoms in total. The average Bonchev–Trinajstić information content (AvgIpc) is 2.44. The standard InChI is InChI=1S/C16H29N5/c1-5-21-8-6-12(7-9-21)11-18-14-10-13(17)19-15(20-14)16(2,3)4/h10,12H,5-9,11H2,1-4H3,(H3,17,18,19,20). The molecule has 0 saturated carbocycles. The Balaban J connectivity index is 1.93. The number of likely N-dealkylation sites (tertiary alicyclic amines) is 1. The summed E-state index contributed by atoms with van der Waals surface area (Å²) in [6, 6.07) is 1.83. The summed E-state index contributed by atoms with van der Waals surface area (Å²) in [5.74, 6) is 2.91. The van der Waals surface area contributed by atoms with Gasteiger partial charge in [0.15, 0.2) is 0 Å². The topological polar surface area (TPSA) is 67.1 Å². The van der Waals surface area contributed by atoms with Crippen LogP contribution in [0, 0.1) is 5.92 Å². The van der Waals surface area contributed by atoms with Crippen molar-refractivity contribution in [1.82, 2.24) is 14.9 Å². The van der Waals surface area contributed by atoms with Crippen molar-refractivity contribution in [1.29, 1.82) is 0 Å². The number of rotatable bonds is 4. The van der Waals surface area contributed by atoms with E-state index in [4.69, 9.17) is 5.73 Å². The molecule has 0 spiro atoms. The van der Waals surface area contributed by atoms with E-state index in [1.807, 2.05) is 6.07 Å². The minimum absolute atomic E-state index is 0.0850. The van der Waals surface area contributed by atoms with E-state index in [9.17, 15) is 0 Å². The quantitative estimate of drug-likeness (QED) is 0.892. The van der Waals surface area contributed by atoms with Crippen LogP contribution in [-0.2, 0) is 5.41 Å². The first-order valence-corrected chi connectivity index (χ1v) is 7.99. The molecule has 2 rings (SSSR count). The van der Waals surface area contributed by atoms with Gasteiger partial charge in [-0.3, -0.25) is 0 Å². The largest absolute Gasteiger partial charge is 0.384 e. The van der Waals surface area contributed by atoms with Crippen LogP contribution < -0.4 is 11.1 Å². The zero-order valence-corrected chi connectivity index (χ0v) is 13.8. The lowest BCUT2D eigenvalue weighted by atomic mass is 9.95. The fourth-order valence-electron chi connectivity index (χ4n) is 2.65. The van der Waals surface area contributed by atoms with Crippen molar-refractivity contribution < 1.29 is 0 Å². The van der Waals surface area contributed by atoms with Crippen LogP contribution in [0.15, 0.2) is 6.07 Å². The fourth-order valence-corrected chi connectivity index (χ4v) is 2.65. The lowest BCUT2D eigenvalue weighted by molar-refractivity contribution is 0.198. The summed E-state index contributed by atoms with van der Waals surface area (Å²) in [6.45, 7) is 13.1. The number of nitrogens with two attached hydrogens (primary N) is 1. The number of piperidine rings is 1. The second-order valence-electron chi connectivity index (χ2n) is 7.01. The molecule has 1 saturated heterocycles. The van der Waals surface area contributed by atoms with Crippen molar-refractivity contribution in [2.75, 3.05) is 37.2 Å². The van der Waals surface area contributed by atoms with E-state index in [0.717, 1.165) is 30.6 Å². The molecule has 0 radical (unpaired) electrons. The second-order valence-corrected chi connectivity index (χ2v) is 7.01. The van der Waals surface area contributed by atoms with E-state index in [0.29, 0.717) is 5.82 Å². The Labute approximate surface area is 128 Å². The van der Waals surface area contributed by atoms with Crippen molar-refractivity contribution in [3.63, 3.8) is 0 Å². The summed E-state index contributed by atoms with van der Waals surface area (Å²) in [6.07, 6.45) is 2.51. The van der Waals surface area contributed by atoms with Crippen molar-refractivity contribution in [3.05, 3.63) is 11.9 Å². The molecule has 0 amide bonds. The molecule has 5 heteroatoms. The number of nitrogens with zero attached hydrogens (tertiary/aromatic N) is 3. The molecule has 1 aliphatic heterocycles. The highest BCUT2D eigenvalue weighted by molar-refractivity contribution is 5.45. The Bertz CT molecular complexity index is 458. The van der Waals surface area contributed by atoms with Crippen LogP contribution in [-0.4, -0.2) is 41.0 Å². The summed E-state index contributed by atoms with van der Waals surface area (Å²) < 4.78 is 0. The second kappa shape index (κ2) is 6.60. The molecule has 0 bridgehead atoms. The van der Waals surface area contributed by atoms with Crippen LogP contribution in [0.4, 0.5) is 11.6 Å². The molecule has 1 fully saturated rings. The molecule has 1 aromatic rings. The van der Waals surface area contributed by atoms with Crippen molar-refractivity contribution in [3.8, 4) is 0 Å². The van der Waals surface area contributed by atoms with Gasteiger partial charge in [0, 0.05) is 18.0 Å². The number of aromatic nitrogens is 2. The molecule has 1 aromatic heterocycles. The highest BCUT2D eigenvalue weighted by Gasteiger charge is 2.20. The van der Waals surface area contributed by atoms with E-state index in [1.165, 1.54) is 25.9 Å². The van der Waals surface area contributed by atoms with Crippen LogP contribution in [0.5, 0.6) is 0 Å². The van der Waals surface area contributed by atoms with Gasteiger partial charge in [-0.15, -0.1) is 0 Å². The monoisotopic (exact) mass is 291 g/mol. The van der Waals surface area contributed by atoms with Crippen LogP contribution in [0.1, 0.15) is 46.4 Å². The summed E-state index contributed by atoms with van der Waals surface area (Å²) in [5.41, 5.74) is 5.82. The lowest BCUT2D eigenvalue weighted by Crippen LogP contribution is -2.35. The normalized spacial score (nSPS) is 17.9. The van der Waals surface area contributed by atoms with E-state index in [2.05, 4.69) is 47.9 Å². The summed E-state index contributed by atoms with van der Waals surface area (Å²) in [5, 5.41) is 3.45. The lowest BCUT2D eigenvalue weighted by Gasteiger charge is -2.31. The van der Waals surface area contributed by atoms with Crippen LogP contribution in [0.2, 0.25) is 0 Å². The van der Waals surface area contributed by atoms with Crippen molar-refractivity contribution in [2.24, 2.45) is 5.92 Å². The Kier molecular flexibility index (Phi) is 5.04. The molecule has 3 N–H and O–H groups in total. The summed E-state index contributed by atoms with van der Waals surface area (Å²) in [7, 11) is 0. The van der Waals surface area contributed by atoms with Gasteiger partial charge in [-0.2, -0.15) is 0 Å². The number of hydrogen-bond acceptors (Lipinski definition) is 5. The number of nitrogens with one attached hydrogen (secondary N) is 1. The molecular weight excluding hydrogens is 262 g/mol. The zero-order chi connectivity index (χ0) is 15.5. The van der Waals surface area contributed by atoms with Gasteiger partial charge < -0.3 is 16.0 Å². The minimum Gasteiger partial charge on any atom is -0.384 e. The van der Waals surface area contributed by atoms with Crippen LogP contribution >= 0.6 is 0 Å². The predicted octanol–water partition coefficient (Wildman–Crippen LogP) is 2.50. The number of anilines is 2. The van der Waals surface area contributed by atoms with Gasteiger partial charge >= 0.3 is 0 Å². The molecule has 0 atom stereocenters.